The Morgan fingerprint density at radius 3 is 2.19 bits per heavy atom. The summed E-state index contributed by atoms with van der Waals surface area (Å²) in [6.45, 7) is 11.3. The molecular weight excluding hydrogens is 279 g/mol. The number of alkyl halides is 3. The fourth-order valence-electron chi connectivity index (χ4n) is 1.60. The molecule has 0 aliphatic heterocycles. The van der Waals surface area contributed by atoms with Gasteiger partial charge < -0.3 is 10.1 Å². The van der Waals surface area contributed by atoms with Gasteiger partial charge in [-0.3, -0.25) is 0 Å². The average Bonchev–Trinajstić information content (AvgIpc) is 2.33. The standard InChI is InChI=1S/C16H24F3NO/c1-14(2,3)20-10-15(4,5)11-21-13-8-6-7-12(9-13)16(17,18)19/h6-9,20H,10-11H2,1-5H3. The molecule has 0 spiro atoms. The summed E-state index contributed by atoms with van der Waals surface area (Å²) < 4.78 is 43.4. The third-order valence-electron chi connectivity index (χ3n) is 2.89. The fraction of sp³-hybridized carbons (Fsp3) is 0.625. The lowest BCUT2D eigenvalue weighted by Crippen LogP contribution is -2.43. The number of hydrogen-bond donors (Lipinski definition) is 1. The summed E-state index contributed by atoms with van der Waals surface area (Å²) in [6.07, 6.45) is -4.34. The van der Waals surface area contributed by atoms with Crippen LogP contribution in [0, 0.1) is 5.41 Å². The zero-order valence-electron chi connectivity index (χ0n) is 13.3. The average molecular weight is 303 g/mol. The lowest BCUT2D eigenvalue weighted by molar-refractivity contribution is -0.137. The van der Waals surface area contributed by atoms with Crippen LogP contribution >= 0.6 is 0 Å². The summed E-state index contributed by atoms with van der Waals surface area (Å²) in [5.74, 6) is 0.244. The molecule has 5 heteroatoms. The number of benzene rings is 1. The Morgan fingerprint density at radius 2 is 1.67 bits per heavy atom. The van der Waals surface area contributed by atoms with Gasteiger partial charge in [0.1, 0.15) is 5.75 Å². The second-order valence-electron chi connectivity index (χ2n) is 7.08. The molecule has 0 atom stereocenters. The van der Waals surface area contributed by atoms with Crippen molar-refractivity contribution in [3.8, 4) is 5.75 Å². The van der Waals surface area contributed by atoms with Crippen molar-refractivity contribution in [2.45, 2.75) is 46.3 Å². The van der Waals surface area contributed by atoms with Gasteiger partial charge in [-0.15, -0.1) is 0 Å². The first-order valence-corrected chi connectivity index (χ1v) is 6.94. The Labute approximate surface area is 124 Å². The maximum Gasteiger partial charge on any atom is 0.416 e. The number of rotatable bonds is 5. The lowest BCUT2D eigenvalue weighted by atomic mass is 9.93. The highest BCUT2D eigenvalue weighted by molar-refractivity contribution is 5.30. The molecule has 0 saturated carbocycles. The van der Waals surface area contributed by atoms with Crippen molar-refractivity contribution < 1.29 is 17.9 Å². The van der Waals surface area contributed by atoms with Crippen LogP contribution in [0.4, 0.5) is 13.2 Å². The predicted octanol–water partition coefficient (Wildman–Crippen LogP) is 4.50. The van der Waals surface area contributed by atoms with E-state index in [0.29, 0.717) is 6.61 Å². The molecule has 0 unspecified atom stereocenters. The Kier molecular flexibility index (Phi) is 5.31. The van der Waals surface area contributed by atoms with Gasteiger partial charge in [0.05, 0.1) is 12.2 Å². The highest BCUT2D eigenvalue weighted by atomic mass is 19.4. The number of nitrogens with one attached hydrogen (secondary N) is 1. The molecule has 0 radical (unpaired) electrons. The first-order valence-electron chi connectivity index (χ1n) is 6.94. The second-order valence-corrected chi connectivity index (χ2v) is 7.08. The molecule has 0 aliphatic rings. The van der Waals surface area contributed by atoms with Crippen molar-refractivity contribution >= 4 is 0 Å². The number of halogens is 3. The first-order chi connectivity index (χ1) is 9.39. The van der Waals surface area contributed by atoms with Crippen LogP contribution < -0.4 is 10.1 Å². The van der Waals surface area contributed by atoms with E-state index in [-0.39, 0.29) is 16.7 Å². The highest BCUT2D eigenvalue weighted by Crippen LogP contribution is 2.31. The Bertz CT molecular complexity index is 461. The van der Waals surface area contributed by atoms with E-state index < -0.39 is 11.7 Å². The molecule has 0 amide bonds. The third kappa shape index (κ3) is 6.85. The van der Waals surface area contributed by atoms with Crippen LogP contribution in [0.15, 0.2) is 24.3 Å². The molecule has 1 aromatic rings. The minimum atomic E-state index is -4.34. The van der Waals surface area contributed by atoms with E-state index >= 15 is 0 Å². The van der Waals surface area contributed by atoms with Crippen LogP contribution in [-0.2, 0) is 6.18 Å². The largest absolute Gasteiger partial charge is 0.493 e. The van der Waals surface area contributed by atoms with E-state index in [9.17, 15) is 13.2 Å². The van der Waals surface area contributed by atoms with E-state index in [2.05, 4.69) is 26.1 Å². The van der Waals surface area contributed by atoms with Gasteiger partial charge in [0.2, 0.25) is 0 Å². The molecule has 0 bridgehead atoms. The molecular formula is C16H24F3NO. The summed E-state index contributed by atoms with van der Waals surface area (Å²) in [5, 5.41) is 3.37. The molecule has 120 valence electrons. The maximum absolute atomic E-state index is 12.6. The third-order valence-corrected chi connectivity index (χ3v) is 2.89. The minimum absolute atomic E-state index is 0.00648. The van der Waals surface area contributed by atoms with Gasteiger partial charge in [-0.25, -0.2) is 0 Å². The van der Waals surface area contributed by atoms with Gasteiger partial charge >= 0.3 is 6.18 Å². The van der Waals surface area contributed by atoms with Crippen molar-refractivity contribution in [1.29, 1.82) is 0 Å². The molecule has 0 aliphatic carbocycles. The van der Waals surface area contributed by atoms with Crippen molar-refractivity contribution in [2.24, 2.45) is 5.41 Å². The van der Waals surface area contributed by atoms with Gasteiger partial charge in [0, 0.05) is 17.5 Å². The summed E-state index contributed by atoms with van der Waals surface area (Å²) >= 11 is 0. The van der Waals surface area contributed by atoms with Gasteiger partial charge in [-0.05, 0) is 39.0 Å². The Balaban J connectivity index is 2.62. The fourth-order valence-corrected chi connectivity index (χ4v) is 1.60. The monoisotopic (exact) mass is 303 g/mol. The quantitative estimate of drug-likeness (QED) is 0.865. The number of hydrogen-bond acceptors (Lipinski definition) is 2. The number of ether oxygens (including phenoxy) is 1. The second kappa shape index (κ2) is 6.26. The van der Waals surface area contributed by atoms with Crippen LogP contribution in [0.25, 0.3) is 0 Å². The van der Waals surface area contributed by atoms with E-state index in [1.54, 1.807) is 6.07 Å². The molecule has 0 fully saturated rings. The smallest absolute Gasteiger partial charge is 0.416 e. The van der Waals surface area contributed by atoms with Crippen molar-refractivity contribution in [2.75, 3.05) is 13.2 Å². The van der Waals surface area contributed by atoms with Gasteiger partial charge in [-0.1, -0.05) is 19.9 Å². The van der Waals surface area contributed by atoms with Crippen LogP contribution in [-0.4, -0.2) is 18.7 Å². The van der Waals surface area contributed by atoms with E-state index in [1.165, 1.54) is 6.07 Å². The lowest BCUT2D eigenvalue weighted by Gasteiger charge is -2.30. The topological polar surface area (TPSA) is 21.3 Å². The molecule has 0 saturated heterocycles. The van der Waals surface area contributed by atoms with Gasteiger partial charge in [0.15, 0.2) is 0 Å². The molecule has 1 N–H and O–H groups in total. The van der Waals surface area contributed by atoms with Crippen LogP contribution in [0.5, 0.6) is 5.75 Å². The van der Waals surface area contributed by atoms with Gasteiger partial charge in [-0.2, -0.15) is 13.2 Å². The normalized spacial score (nSPS) is 13.3. The van der Waals surface area contributed by atoms with E-state index in [0.717, 1.165) is 18.7 Å². The SMILES string of the molecule is CC(C)(CNC(C)(C)C)COc1cccc(C(F)(F)F)c1. The van der Waals surface area contributed by atoms with Crippen molar-refractivity contribution in [1.82, 2.24) is 5.32 Å². The zero-order chi connectivity index (χ0) is 16.3. The zero-order valence-corrected chi connectivity index (χ0v) is 13.3. The minimum Gasteiger partial charge on any atom is -0.493 e. The van der Waals surface area contributed by atoms with Crippen LogP contribution in [0.3, 0.4) is 0 Å². The van der Waals surface area contributed by atoms with Crippen molar-refractivity contribution in [3.63, 3.8) is 0 Å². The van der Waals surface area contributed by atoms with Gasteiger partial charge in [0.25, 0.3) is 0 Å². The Hall–Kier alpha value is -1.23. The first kappa shape index (κ1) is 17.8. The molecule has 0 aromatic heterocycles. The molecule has 21 heavy (non-hydrogen) atoms. The summed E-state index contributed by atoms with van der Waals surface area (Å²) in [7, 11) is 0. The molecule has 0 heterocycles. The summed E-state index contributed by atoms with van der Waals surface area (Å²) in [5.41, 5.74) is -0.875. The molecule has 2 nitrogen and oxygen atoms in total. The van der Waals surface area contributed by atoms with E-state index in [1.807, 2.05) is 13.8 Å². The summed E-state index contributed by atoms with van der Waals surface area (Å²) in [6, 6.07) is 4.98. The predicted molar refractivity (Wildman–Crippen MR) is 78.5 cm³/mol. The van der Waals surface area contributed by atoms with Crippen molar-refractivity contribution in [3.05, 3.63) is 29.8 Å². The Morgan fingerprint density at radius 1 is 1.05 bits per heavy atom. The van der Waals surface area contributed by atoms with E-state index in [4.69, 9.17) is 4.74 Å². The van der Waals surface area contributed by atoms with Crippen LogP contribution in [0.2, 0.25) is 0 Å². The maximum atomic E-state index is 12.6. The summed E-state index contributed by atoms with van der Waals surface area (Å²) in [4.78, 5) is 0. The highest BCUT2D eigenvalue weighted by Gasteiger charge is 2.30. The molecule has 1 aromatic carbocycles. The molecule has 1 rings (SSSR count). The van der Waals surface area contributed by atoms with Crippen LogP contribution in [0.1, 0.15) is 40.2 Å².